The Bertz CT molecular complexity index is 1330. The number of hydrogen-bond donors (Lipinski definition) is 1. The van der Waals surface area contributed by atoms with E-state index in [1.807, 2.05) is 7.05 Å². The molecule has 0 saturated carbocycles. The lowest BCUT2D eigenvalue weighted by Crippen LogP contribution is -2.68. The SMILES string of the molecule is CNc1nc(N(C2CC(C)(C)N(OC)C(C)(C)C2)C2CC(C)(C)N(OC)C(C)(C)C2)nc(N(C2CC(C)(C)N(OC)C(C)(C)C2)C2CC(C)(C)N(OC)C(C)(C)C2)n1. The maximum absolute atomic E-state index is 6.12. The molecular formula is C44H84N10O4. The highest BCUT2D eigenvalue weighted by molar-refractivity contribution is 5.49. The van der Waals surface area contributed by atoms with E-state index in [1.54, 1.807) is 28.4 Å². The van der Waals surface area contributed by atoms with Crippen molar-refractivity contribution in [2.75, 3.05) is 50.6 Å². The summed E-state index contributed by atoms with van der Waals surface area (Å²) in [5.74, 6) is 2.03. The fourth-order valence-electron chi connectivity index (χ4n) is 13.6. The normalized spacial score (nSPS) is 28.0. The third-order valence-electron chi connectivity index (χ3n) is 13.9. The summed E-state index contributed by atoms with van der Waals surface area (Å²) in [6, 6.07) is 0.504. The van der Waals surface area contributed by atoms with Crippen LogP contribution in [0.1, 0.15) is 162 Å². The summed E-state index contributed by atoms with van der Waals surface area (Å²) in [7, 11) is 9.14. The van der Waals surface area contributed by atoms with Crippen LogP contribution in [-0.2, 0) is 19.4 Å². The van der Waals surface area contributed by atoms with Crippen molar-refractivity contribution in [3.8, 4) is 0 Å². The van der Waals surface area contributed by atoms with Crippen LogP contribution in [0.2, 0.25) is 0 Å². The van der Waals surface area contributed by atoms with E-state index in [-0.39, 0.29) is 68.5 Å². The van der Waals surface area contributed by atoms with E-state index in [1.165, 1.54) is 0 Å². The number of hydrogen-bond acceptors (Lipinski definition) is 14. The molecule has 334 valence electrons. The number of hydroxylamine groups is 8. The summed E-state index contributed by atoms with van der Waals surface area (Å²) < 4.78 is 0. The van der Waals surface area contributed by atoms with Gasteiger partial charge in [-0.1, -0.05) is 0 Å². The average Bonchev–Trinajstić information content (AvgIpc) is 3.01. The molecule has 58 heavy (non-hydrogen) atoms. The van der Waals surface area contributed by atoms with Crippen LogP contribution in [-0.4, -0.2) is 139 Å². The standard InChI is InChI=1S/C44H84N10O4/c1-37(2)22-30(23-38(3,4)51(37)55-18)49(31-24-39(5,6)52(56-19)40(7,8)25-31)35-46-34(45-17)47-36(48-35)50(32-26-41(9,10)53(57-20)42(11,12)27-32)33-28-43(13,14)54(58-21)44(15,16)29-33/h30-33H,22-29H2,1-21H3,(H,45,46,47,48). The number of nitrogens with zero attached hydrogens (tertiary/aromatic N) is 9. The Labute approximate surface area is 352 Å². The molecule has 0 aromatic carbocycles. The van der Waals surface area contributed by atoms with Crippen LogP contribution in [0.25, 0.3) is 0 Å². The fourth-order valence-corrected chi connectivity index (χ4v) is 13.6. The van der Waals surface area contributed by atoms with Crippen molar-refractivity contribution in [3.63, 3.8) is 0 Å². The fraction of sp³-hybridized carbons (Fsp3) is 0.932. The van der Waals surface area contributed by atoms with Gasteiger partial charge in [0.2, 0.25) is 17.8 Å². The van der Waals surface area contributed by atoms with E-state index < -0.39 is 0 Å². The molecule has 14 nitrogen and oxygen atoms in total. The van der Waals surface area contributed by atoms with Gasteiger partial charge in [-0.25, -0.2) is 0 Å². The first kappa shape index (κ1) is 47.1. The molecule has 0 atom stereocenters. The molecule has 5 rings (SSSR count). The molecule has 4 aliphatic heterocycles. The predicted molar refractivity (Wildman–Crippen MR) is 234 cm³/mol. The Morgan fingerprint density at radius 3 is 0.741 bits per heavy atom. The van der Waals surface area contributed by atoms with Gasteiger partial charge in [-0.2, -0.15) is 35.2 Å². The largest absolute Gasteiger partial charge is 0.357 e. The Kier molecular flexibility index (Phi) is 12.8. The Balaban J connectivity index is 1.75. The van der Waals surface area contributed by atoms with Crippen LogP contribution in [0.5, 0.6) is 0 Å². The van der Waals surface area contributed by atoms with Gasteiger partial charge in [0.15, 0.2) is 0 Å². The Morgan fingerprint density at radius 2 is 0.586 bits per heavy atom. The minimum absolute atomic E-state index is 0.126. The van der Waals surface area contributed by atoms with Gasteiger partial charge >= 0.3 is 0 Å². The quantitative estimate of drug-likeness (QED) is 0.234. The molecule has 4 saturated heterocycles. The summed E-state index contributed by atoms with van der Waals surface area (Å²) >= 11 is 0. The van der Waals surface area contributed by atoms with Crippen LogP contribution >= 0.6 is 0 Å². The molecule has 0 aliphatic carbocycles. The number of nitrogens with one attached hydrogen (secondary N) is 1. The molecule has 1 aromatic heterocycles. The molecule has 0 radical (unpaired) electrons. The van der Waals surface area contributed by atoms with Gasteiger partial charge in [0.1, 0.15) is 0 Å². The van der Waals surface area contributed by atoms with Crippen molar-refractivity contribution in [1.29, 1.82) is 0 Å². The van der Waals surface area contributed by atoms with E-state index >= 15 is 0 Å². The van der Waals surface area contributed by atoms with E-state index in [4.69, 9.17) is 34.3 Å². The van der Waals surface area contributed by atoms with Crippen molar-refractivity contribution in [2.45, 2.75) is 231 Å². The molecular weight excluding hydrogens is 733 g/mol. The summed E-state index contributed by atoms with van der Waals surface area (Å²) in [6.45, 7) is 36.8. The van der Waals surface area contributed by atoms with Gasteiger partial charge in [-0.05, 0) is 162 Å². The third-order valence-corrected chi connectivity index (χ3v) is 13.9. The van der Waals surface area contributed by atoms with Gasteiger partial charge in [-0.15, -0.1) is 0 Å². The van der Waals surface area contributed by atoms with Crippen LogP contribution in [0.15, 0.2) is 0 Å². The summed E-state index contributed by atoms with van der Waals surface area (Å²) in [6.07, 6.45) is 7.04. The summed E-state index contributed by atoms with van der Waals surface area (Å²) in [5.41, 5.74) is -1.97. The van der Waals surface area contributed by atoms with Gasteiger partial charge in [0.25, 0.3) is 0 Å². The minimum Gasteiger partial charge on any atom is -0.357 e. The second kappa shape index (κ2) is 15.8. The van der Waals surface area contributed by atoms with Gasteiger partial charge in [0.05, 0.1) is 28.4 Å². The smallest absolute Gasteiger partial charge is 0.232 e. The van der Waals surface area contributed by atoms with Crippen LogP contribution in [0.4, 0.5) is 17.8 Å². The second-order valence-corrected chi connectivity index (χ2v) is 23.0. The summed E-state index contributed by atoms with van der Waals surface area (Å²) in [5, 5.41) is 12.2. The van der Waals surface area contributed by atoms with E-state index in [0.717, 1.165) is 63.3 Å². The van der Waals surface area contributed by atoms with Crippen molar-refractivity contribution in [3.05, 3.63) is 0 Å². The highest BCUT2D eigenvalue weighted by Crippen LogP contribution is 2.49. The minimum atomic E-state index is -0.246. The maximum atomic E-state index is 6.12. The zero-order valence-corrected chi connectivity index (χ0v) is 40.6. The van der Waals surface area contributed by atoms with E-state index in [9.17, 15) is 0 Å². The average molecular weight is 817 g/mol. The lowest BCUT2D eigenvalue weighted by atomic mass is 9.74. The predicted octanol–water partition coefficient (Wildman–Crippen LogP) is 7.86. The lowest BCUT2D eigenvalue weighted by Gasteiger charge is -2.60. The topological polar surface area (TPSA) is 107 Å². The second-order valence-electron chi connectivity index (χ2n) is 23.0. The monoisotopic (exact) mass is 817 g/mol. The molecule has 4 fully saturated rings. The Hall–Kier alpha value is -1.91. The van der Waals surface area contributed by atoms with Gasteiger partial charge in [0, 0.05) is 75.5 Å². The molecule has 0 unspecified atom stereocenters. The lowest BCUT2D eigenvalue weighted by molar-refractivity contribution is -0.271. The molecule has 1 aromatic rings. The molecule has 0 amide bonds. The molecule has 1 N–H and O–H groups in total. The first-order valence-corrected chi connectivity index (χ1v) is 21.8. The molecule has 14 heteroatoms. The van der Waals surface area contributed by atoms with Gasteiger partial charge in [-0.3, -0.25) is 0 Å². The zero-order chi connectivity index (χ0) is 43.8. The third kappa shape index (κ3) is 8.74. The maximum Gasteiger partial charge on any atom is 0.232 e. The zero-order valence-electron chi connectivity index (χ0n) is 40.6. The van der Waals surface area contributed by atoms with Crippen LogP contribution in [0.3, 0.4) is 0 Å². The highest BCUT2D eigenvalue weighted by Gasteiger charge is 2.56. The molecule has 5 heterocycles. The van der Waals surface area contributed by atoms with Crippen molar-refractivity contribution >= 4 is 17.8 Å². The first-order chi connectivity index (χ1) is 26.4. The van der Waals surface area contributed by atoms with Crippen molar-refractivity contribution in [1.82, 2.24) is 35.2 Å². The van der Waals surface area contributed by atoms with E-state index in [2.05, 4.69) is 146 Å². The summed E-state index contributed by atoms with van der Waals surface area (Å²) in [4.78, 5) is 46.1. The number of aromatic nitrogens is 3. The van der Waals surface area contributed by atoms with Gasteiger partial charge < -0.3 is 34.5 Å². The number of piperidine rings is 4. The molecule has 0 spiro atoms. The number of anilines is 3. The molecule has 4 aliphatic rings. The van der Waals surface area contributed by atoms with Crippen molar-refractivity contribution in [2.24, 2.45) is 0 Å². The van der Waals surface area contributed by atoms with Crippen LogP contribution in [0, 0.1) is 0 Å². The highest BCUT2D eigenvalue weighted by atomic mass is 16.7. The Morgan fingerprint density at radius 1 is 0.397 bits per heavy atom. The molecule has 0 bridgehead atoms. The first-order valence-electron chi connectivity index (χ1n) is 21.8. The number of rotatable bonds is 11. The van der Waals surface area contributed by atoms with Crippen molar-refractivity contribution < 1.29 is 19.4 Å². The van der Waals surface area contributed by atoms with E-state index in [0.29, 0.717) is 5.95 Å². The van der Waals surface area contributed by atoms with Crippen LogP contribution < -0.4 is 15.1 Å².